The fourth-order valence-corrected chi connectivity index (χ4v) is 11.3. The predicted molar refractivity (Wildman–Crippen MR) is 248 cm³/mol. The molecule has 0 saturated carbocycles. The molecule has 0 atom stereocenters. The summed E-state index contributed by atoms with van der Waals surface area (Å²) in [6.45, 7) is 0. The molecule has 4 aromatic heterocycles. The van der Waals surface area contributed by atoms with E-state index in [-0.39, 0.29) is 0 Å². The van der Waals surface area contributed by atoms with Crippen molar-refractivity contribution in [2.75, 3.05) is 0 Å². The van der Waals surface area contributed by atoms with Crippen molar-refractivity contribution < 1.29 is 0 Å². The Labute approximate surface area is 341 Å². The van der Waals surface area contributed by atoms with Gasteiger partial charge in [0.15, 0.2) is 0 Å². The molecule has 0 amide bonds. The van der Waals surface area contributed by atoms with Crippen LogP contribution in [0, 0.1) is 0 Å². The van der Waals surface area contributed by atoms with Crippen LogP contribution in [0.25, 0.3) is 131 Å². The third kappa shape index (κ3) is 4.16. The van der Waals surface area contributed by atoms with Crippen molar-refractivity contribution in [1.29, 1.82) is 0 Å². The maximum atomic E-state index is 5.70. The Kier molecular flexibility index (Phi) is 6.14. The first-order valence-electron chi connectivity index (χ1n) is 20.1. The molecule has 5 heteroatoms. The summed E-state index contributed by atoms with van der Waals surface area (Å²) in [7, 11) is 0. The zero-order chi connectivity index (χ0) is 38.3. The van der Waals surface area contributed by atoms with Gasteiger partial charge in [0.2, 0.25) is 5.95 Å². The van der Waals surface area contributed by atoms with E-state index in [1.54, 1.807) is 0 Å². The zero-order valence-corrected chi connectivity index (χ0v) is 32.3. The molecule has 0 fully saturated rings. The van der Waals surface area contributed by atoms with Crippen LogP contribution in [0.3, 0.4) is 0 Å². The first-order chi connectivity index (χ1) is 29.3. The monoisotopic (exact) mass is 766 g/mol. The van der Waals surface area contributed by atoms with Gasteiger partial charge in [-0.3, -0.25) is 4.57 Å². The van der Waals surface area contributed by atoms with E-state index < -0.39 is 0 Å². The van der Waals surface area contributed by atoms with Gasteiger partial charge in [-0.1, -0.05) is 133 Å². The topological polar surface area (TPSA) is 35.6 Å². The number of hydrogen-bond acceptors (Lipinski definition) is 3. The molecule has 1 aliphatic heterocycles. The van der Waals surface area contributed by atoms with Gasteiger partial charge in [0, 0.05) is 63.8 Å². The molecule has 0 unspecified atom stereocenters. The fourth-order valence-electron chi connectivity index (χ4n) is 10.2. The van der Waals surface area contributed by atoms with Gasteiger partial charge in [-0.05, 0) is 70.4 Å². The van der Waals surface area contributed by atoms with Crippen molar-refractivity contribution in [2.24, 2.45) is 0 Å². The van der Waals surface area contributed by atoms with E-state index in [1.165, 1.54) is 86.1 Å². The minimum absolute atomic E-state index is 0.657. The first kappa shape index (κ1) is 31.5. The van der Waals surface area contributed by atoms with E-state index in [2.05, 4.69) is 191 Å². The first-order valence-corrected chi connectivity index (χ1v) is 20.9. The van der Waals surface area contributed by atoms with Crippen molar-refractivity contribution >= 4 is 96.8 Å². The van der Waals surface area contributed by atoms with Gasteiger partial charge >= 0.3 is 0 Å². The molecule has 13 aromatic rings. The lowest BCUT2D eigenvalue weighted by molar-refractivity contribution is 1.02. The van der Waals surface area contributed by atoms with E-state index in [9.17, 15) is 0 Å². The van der Waals surface area contributed by atoms with Crippen LogP contribution < -0.4 is 0 Å². The van der Waals surface area contributed by atoms with Crippen LogP contribution in [-0.4, -0.2) is 19.1 Å². The van der Waals surface area contributed by atoms with E-state index in [4.69, 9.17) is 9.97 Å². The minimum atomic E-state index is 0.657. The molecule has 9 aromatic carbocycles. The Bertz CT molecular complexity index is 3980. The van der Waals surface area contributed by atoms with Crippen molar-refractivity contribution in [3.8, 4) is 45.1 Å². The number of hydrogen-bond donors (Lipinski definition) is 0. The van der Waals surface area contributed by atoms with Crippen LogP contribution in [0.15, 0.2) is 182 Å². The highest BCUT2D eigenvalue weighted by molar-refractivity contribution is 7.25. The molecule has 14 rings (SSSR count). The molecule has 4 nitrogen and oxygen atoms in total. The van der Waals surface area contributed by atoms with Gasteiger partial charge in [0.25, 0.3) is 0 Å². The Morgan fingerprint density at radius 3 is 1.97 bits per heavy atom. The smallest absolute Gasteiger partial charge is 0.235 e. The molecule has 0 radical (unpaired) electrons. The highest BCUT2D eigenvalue weighted by Crippen LogP contribution is 2.52. The summed E-state index contributed by atoms with van der Waals surface area (Å²) in [5, 5.41) is 10.7. The van der Waals surface area contributed by atoms with Gasteiger partial charge in [0.05, 0.1) is 39.0 Å². The lowest BCUT2D eigenvalue weighted by atomic mass is 9.91. The quantitative estimate of drug-likeness (QED) is 0.164. The minimum Gasteiger partial charge on any atom is -0.308 e. The van der Waals surface area contributed by atoms with E-state index in [0.717, 1.165) is 38.6 Å². The molecule has 5 heterocycles. The number of nitrogens with zero attached hydrogens (tertiary/aromatic N) is 4. The number of para-hydroxylation sites is 3. The van der Waals surface area contributed by atoms with Crippen LogP contribution in [0.4, 0.5) is 0 Å². The zero-order valence-electron chi connectivity index (χ0n) is 31.5. The fraction of sp³-hybridized carbons (Fsp3) is 0. The van der Waals surface area contributed by atoms with Crippen LogP contribution in [0.1, 0.15) is 0 Å². The molecular weight excluding hydrogens is 737 g/mol. The van der Waals surface area contributed by atoms with E-state index >= 15 is 0 Å². The number of fused-ring (bicyclic) bond motifs is 18. The molecule has 0 bridgehead atoms. The average Bonchev–Trinajstić information content (AvgIpc) is 3.92. The van der Waals surface area contributed by atoms with Gasteiger partial charge in [0.1, 0.15) is 0 Å². The second-order valence-corrected chi connectivity index (χ2v) is 16.8. The SMILES string of the molecule is c1ccc2c(c1)-c1ccccc1-n1c3ccccc3c3cc4c(c-2c31)c1ccccc1n4-c1nc(-c2ccc3sc4ccccc4c3c2)c2c(ccc3ccccc32)n1. The highest BCUT2D eigenvalue weighted by Gasteiger charge is 2.29. The molecule has 0 N–H and O–H groups in total. The summed E-state index contributed by atoms with van der Waals surface area (Å²) in [5.41, 5.74) is 13.6. The molecule has 0 saturated heterocycles. The third-order valence-corrected chi connectivity index (χ3v) is 13.8. The summed E-state index contributed by atoms with van der Waals surface area (Å²) in [4.78, 5) is 11.2. The highest BCUT2D eigenvalue weighted by atomic mass is 32.1. The molecule has 0 spiro atoms. The van der Waals surface area contributed by atoms with E-state index in [0.29, 0.717) is 5.95 Å². The summed E-state index contributed by atoms with van der Waals surface area (Å²) in [6.07, 6.45) is 0. The second-order valence-electron chi connectivity index (χ2n) is 15.7. The Hall–Kier alpha value is -7.60. The Morgan fingerprint density at radius 2 is 1.08 bits per heavy atom. The molecular formula is C54H30N4S. The summed E-state index contributed by atoms with van der Waals surface area (Å²) < 4.78 is 7.39. The Morgan fingerprint density at radius 1 is 0.407 bits per heavy atom. The number of rotatable bonds is 2. The maximum Gasteiger partial charge on any atom is 0.235 e. The summed E-state index contributed by atoms with van der Waals surface area (Å²) in [5.74, 6) is 0.657. The summed E-state index contributed by atoms with van der Waals surface area (Å²) >= 11 is 1.84. The van der Waals surface area contributed by atoms with Gasteiger partial charge in [-0.15, -0.1) is 11.3 Å². The maximum absolute atomic E-state index is 5.70. The average molecular weight is 767 g/mol. The van der Waals surface area contributed by atoms with Crippen LogP contribution in [-0.2, 0) is 0 Å². The molecule has 272 valence electrons. The molecule has 59 heavy (non-hydrogen) atoms. The van der Waals surface area contributed by atoms with Crippen LogP contribution >= 0.6 is 11.3 Å². The predicted octanol–water partition coefficient (Wildman–Crippen LogP) is 14.7. The largest absolute Gasteiger partial charge is 0.308 e. The summed E-state index contributed by atoms with van der Waals surface area (Å²) in [6, 6.07) is 66.4. The van der Waals surface area contributed by atoms with Gasteiger partial charge in [-0.25, -0.2) is 9.97 Å². The third-order valence-electron chi connectivity index (χ3n) is 12.7. The molecule has 1 aliphatic rings. The van der Waals surface area contributed by atoms with Crippen molar-refractivity contribution in [3.63, 3.8) is 0 Å². The molecule has 0 aliphatic carbocycles. The number of benzene rings is 9. The standard InChI is InChI=1S/C54H30N4S/c1-2-14-33-31(13-1)25-27-42-49(33)52(32-26-28-48-40(29-32)37-18-8-12-24-47(37)59-48)56-54(55-42)58-45-23-11-7-20-39(45)50-46(58)30-41-36-17-6-10-22-44(36)57-43-21-9-5-16-35(43)34-15-3-4-19-38(34)51(50)53(41)57/h1-30H. The van der Waals surface area contributed by atoms with Crippen LogP contribution in [0.2, 0.25) is 0 Å². The van der Waals surface area contributed by atoms with Crippen molar-refractivity contribution in [1.82, 2.24) is 19.1 Å². The number of thiophene rings is 1. The number of aromatic nitrogens is 4. The van der Waals surface area contributed by atoms with Crippen molar-refractivity contribution in [2.45, 2.75) is 0 Å². The van der Waals surface area contributed by atoms with Gasteiger partial charge in [-0.2, -0.15) is 0 Å². The normalized spacial score (nSPS) is 12.4. The lowest BCUT2D eigenvalue weighted by Gasteiger charge is -2.14. The van der Waals surface area contributed by atoms with Crippen molar-refractivity contribution in [3.05, 3.63) is 182 Å². The van der Waals surface area contributed by atoms with Crippen LogP contribution in [0.5, 0.6) is 0 Å². The lowest BCUT2D eigenvalue weighted by Crippen LogP contribution is -2.04. The van der Waals surface area contributed by atoms with E-state index in [1.807, 2.05) is 11.3 Å². The second kappa shape index (κ2) is 11.5. The Balaban J connectivity index is 1.16. The van der Waals surface area contributed by atoms with Gasteiger partial charge < -0.3 is 4.57 Å².